The normalized spacial score (nSPS) is 11.0. The van der Waals surface area contributed by atoms with Gasteiger partial charge in [-0.25, -0.2) is 14.8 Å². The Hall–Kier alpha value is -3.15. The molecule has 25 heavy (non-hydrogen) atoms. The van der Waals surface area contributed by atoms with E-state index in [1.54, 1.807) is 18.3 Å². The predicted molar refractivity (Wildman–Crippen MR) is 97.2 cm³/mol. The van der Waals surface area contributed by atoms with Gasteiger partial charge < -0.3 is 15.8 Å². The Balaban J connectivity index is 2.02. The average Bonchev–Trinajstić information content (AvgIpc) is 3.00. The lowest BCUT2D eigenvalue weighted by Crippen LogP contribution is -1.97. The van der Waals surface area contributed by atoms with Crippen molar-refractivity contribution in [2.75, 3.05) is 5.73 Å². The SMILES string of the molecule is CC(C)Cc1ccc(-c2[nH]c(-c3ccnc(N)n3)cc2C(=O)O)cc1. The minimum atomic E-state index is -0.995. The number of carbonyl (C=O) groups is 1. The van der Waals surface area contributed by atoms with Crippen molar-refractivity contribution < 1.29 is 9.90 Å². The number of carboxylic acid groups (broad SMARTS) is 1. The lowest BCUT2D eigenvalue weighted by molar-refractivity contribution is 0.0698. The summed E-state index contributed by atoms with van der Waals surface area (Å²) in [5.74, 6) is -0.282. The first-order valence-electron chi connectivity index (χ1n) is 8.08. The quantitative estimate of drug-likeness (QED) is 0.660. The van der Waals surface area contributed by atoms with Crippen LogP contribution in [0, 0.1) is 5.92 Å². The van der Waals surface area contributed by atoms with Gasteiger partial charge in [0.05, 0.1) is 22.6 Å². The molecule has 0 amide bonds. The van der Waals surface area contributed by atoms with Crippen molar-refractivity contribution >= 4 is 11.9 Å². The molecule has 2 heterocycles. The van der Waals surface area contributed by atoms with E-state index in [1.807, 2.05) is 24.3 Å². The number of nitrogens with two attached hydrogens (primary N) is 1. The van der Waals surface area contributed by atoms with Crippen LogP contribution >= 0.6 is 0 Å². The Bertz CT molecular complexity index is 898. The summed E-state index contributed by atoms with van der Waals surface area (Å²) in [6.45, 7) is 4.34. The van der Waals surface area contributed by atoms with Gasteiger partial charge in [0, 0.05) is 6.20 Å². The molecule has 0 unspecified atom stereocenters. The number of benzene rings is 1. The van der Waals surface area contributed by atoms with Crippen LogP contribution in [0.5, 0.6) is 0 Å². The van der Waals surface area contributed by atoms with E-state index in [1.165, 1.54) is 5.56 Å². The van der Waals surface area contributed by atoms with Gasteiger partial charge in [0.1, 0.15) is 0 Å². The first-order valence-corrected chi connectivity index (χ1v) is 8.08. The van der Waals surface area contributed by atoms with Crippen LogP contribution in [0.1, 0.15) is 29.8 Å². The molecule has 0 aliphatic heterocycles. The van der Waals surface area contributed by atoms with Crippen LogP contribution in [0.25, 0.3) is 22.6 Å². The molecule has 0 bridgehead atoms. The van der Waals surface area contributed by atoms with E-state index in [-0.39, 0.29) is 11.5 Å². The second-order valence-electron chi connectivity index (χ2n) is 6.37. The van der Waals surface area contributed by atoms with Gasteiger partial charge in [-0.15, -0.1) is 0 Å². The van der Waals surface area contributed by atoms with Crippen molar-refractivity contribution in [2.45, 2.75) is 20.3 Å². The number of aromatic amines is 1. The van der Waals surface area contributed by atoms with Gasteiger partial charge in [-0.05, 0) is 35.6 Å². The lowest BCUT2D eigenvalue weighted by atomic mass is 10.00. The molecule has 0 saturated heterocycles. The molecule has 2 aromatic heterocycles. The Morgan fingerprint density at radius 3 is 2.56 bits per heavy atom. The molecule has 0 radical (unpaired) electrons. The number of rotatable bonds is 5. The topological polar surface area (TPSA) is 105 Å². The first kappa shape index (κ1) is 16.7. The Morgan fingerprint density at radius 2 is 1.96 bits per heavy atom. The van der Waals surface area contributed by atoms with Crippen LogP contribution in [0.3, 0.4) is 0 Å². The predicted octanol–water partition coefficient (Wildman–Crippen LogP) is 3.62. The van der Waals surface area contributed by atoms with E-state index in [0.29, 0.717) is 23.0 Å². The molecule has 0 aliphatic carbocycles. The Kier molecular flexibility index (Phi) is 4.52. The number of nitrogens with zero attached hydrogens (tertiary/aromatic N) is 2. The van der Waals surface area contributed by atoms with Gasteiger partial charge in [-0.1, -0.05) is 38.1 Å². The van der Waals surface area contributed by atoms with E-state index < -0.39 is 5.97 Å². The maximum Gasteiger partial charge on any atom is 0.337 e. The van der Waals surface area contributed by atoms with Gasteiger partial charge in [-0.2, -0.15) is 0 Å². The monoisotopic (exact) mass is 336 g/mol. The molecular formula is C19H20N4O2. The second kappa shape index (κ2) is 6.76. The summed E-state index contributed by atoms with van der Waals surface area (Å²) in [6, 6.07) is 11.2. The fourth-order valence-corrected chi connectivity index (χ4v) is 2.79. The van der Waals surface area contributed by atoms with Crippen LogP contribution in [-0.2, 0) is 6.42 Å². The zero-order chi connectivity index (χ0) is 18.0. The summed E-state index contributed by atoms with van der Waals surface area (Å²) in [4.78, 5) is 22.8. The zero-order valence-electron chi connectivity index (χ0n) is 14.2. The van der Waals surface area contributed by atoms with Crippen molar-refractivity contribution in [1.82, 2.24) is 15.0 Å². The van der Waals surface area contributed by atoms with Crippen LogP contribution < -0.4 is 5.73 Å². The molecule has 4 N–H and O–H groups in total. The highest BCUT2D eigenvalue weighted by molar-refractivity contribution is 5.97. The van der Waals surface area contributed by atoms with Crippen molar-refractivity contribution in [3.8, 4) is 22.6 Å². The highest BCUT2D eigenvalue weighted by Crippen LogP contribution is 2.29. The van der Waals surface area contributed by atoms with Crippen LogP contribution in [0.4, 0.5) is 5.95 Å². The summed E-state index contributed by atoms with van der Waals surface area (Å²) in [7, 11) is 0. The minimum absolute atomic E-state index is 0.142. The van der Waals surface area contributed by atoms with Crippen LogP contribution in [0.2, 0.25) is 0 Å². The largest absolute Gasteiger partial charge is 0.478 e. The maximum absolute atomic E-state index is 11.6. The molecule has 0 spiro atoms. The summed E-state index contributed by atoms with van der Waals surface area (Å²) in [6.07, 6.45) is 2.53. The van der Waals surface area contributed by atoms with Crippen molar-refractivity contribution in [1.29, 1.82) is 0 Å². The number of nitrogens with one attached hydrogen (secondary N) is 1. The molecular weight excluding hydrogens is 316 g/mol. The van der Waals surface area contributed by atoms with Crippen molar-refractivity contribution in [3.05, 3.63) is 53.7 Å². The summed E-state index contributed by atoms with van der Waals surface area (Å²) in [5, 5.41) is 9.54. The third-order valence-electron chi connectivity index (χ3n) is 3.88. The van der Waals surface area contributed by atoms with E-state index in [2.05, 4.69) is 28.8 Å². The van der Waals surface area contributed by atoms with Crippen LogP contribution in [-0.4, -0.2) is 26.0 Å². The fourth-order valence-electron chi connectivity index (χ4n) is 2.79. The Morgan fingerprint density at radius 1 is 1.24 bits per heavy atom. The van der Waals surface area contributed by atoms with Gasteiger partial charge in [0.2, 0.25) is 5.95 Å². The molecule has 6 nitrogen and oxygen atoms in total. The number of anilines is 1. The summed E-state index contributed by atoms with van der Waals surface area (Å²) in [5.41, 5.74) is 9.55. The Labute approximate surface area is 145 Å². The first-order chi connectivity index (χ1) is 11.9. The number of aromatic carboxylic acids is 1. The number of aromatic nitrogens is 3. The molecule has 128 valence electrons. The molecule has 3 rings (SSSR count). The van der Waals surface area contributed by atoms with E-state index in [9.17, 15) is 9.90 Å². The molecule has 6 heteroatoms. The molecule has 0 fully saturated rings. The standard InChI is InChI=1S/C19H20N4O2/c1-11(2)9-12-3-5-13(6-4-12)17-14(18(24)25)10-16(22-17)15-7-8-21-19(20)23-15/h3-8,10-11,22H,9H2,1-2H3,(H,24,25)(H2,20,21,23). The highest BCUT2D eigenvalue weighted by Gasteiger charge is 2.17. The fraction of sp³-hybridized carbons (Fsp3) is 0.211. The van der Waals surface area contributed by atoms with Crippen molar-refractivity contribution in [2.24, 2.45) is 5.92 Å². The van der Waals surface area contributed by atoms with Gasteiger partial charge in [0.25, 0.3) is 0 Å². The van der Waals surface area contributed by atoms with Gasteiger partial charge in [0.15, 0.2) is 0 Å². The average molecular weight is 336 g/mol. The summed E-state index contributed by atoms with van der Waals surface area (Å²) < 4.78 is 0. The molecule has 0 aliphatic rings. The molecule has 3 aromatic rings. The van der Waals surface area contributed by atoms with Crippen LogP contribution in [0.15, 0.2) is 42.6 Å². The summed E-state index contributed by atoms with van der Waals surface area (Å²) >= 11 is 0. The number of carboxylic acids is 1. The maximum atomic E-state index is 11.6. The van der Waals surface area contributed by atoms with E-state index in [0.717, 1.165) is 12.0 Å². The number of H-pyrrole nitrogens is 1. The number of nitrogen functional groups attached to an aromatic ring is 1. The molecule has 1 aromatic carbocycles. The molecule has 0 atom stereocenters. The minimum Gasteiger partial charge on any atom is -0.478 e. The highest BCUT2D eigenvalue weighted by atomic mass is 16.4. The lowest BCUT2D eigenvalue weighted by Gasteiger charge is -2.06. The van der Waals surface area contributed by atoms with Gasteiger partial charge in [-0.3, -0.25) is 0 Å². The molecule has 0 saturated carbocycles. The zero-order valence-corrected chi connectivity index (χ0v) is 14.2. The third-order valence-corrected chi connectivity index (χ3v) is 3.88. The van der Waals surface area contributed by atoms with E-state index >= 15 is 0 Å². The number of hydrogen-bond acceptors (Lipinski definition) is 4. The smallest absolute Gasteiger partial charge is 0.337 e. The van der Waals surface area contributed by atoms with E-state index in [4.69, 9.17) is 5.73 Å². The number of hydrogen-bond donors (Lipinski definition) is 3. The second-order valence-corrected chi connectivity index (χ2v) is 6.37. The van der Waals surface area contributed by atoms with Gasteiger partial charge >= 0.3 is 5.97 Å². The third kappa shape index (κ3) is 3.68. The van der Waals surface area contributed by atoms with Crippen molar-refractivity contribution in [3.63, 3.8) is 0 Å².